The first-order valence-electron chi connectivity index (χ1n) is 8.30. The lowest BCUT2D eigenvalue weighted by atomic mass is 9.91. The minimum atomic E-state index is -0.0951. The van der Waals surface area contributed by atoms with E-state index in [1.165, 1.54) is 19.3 Å². The molecule has 0 bridgehead atoms. The van der Waals surface area contributed by atoms with Gasteiger partial charge in [0.2, 0.25) is 0 Å². The lowest BCUT2D eigenvalue weighted by molar-refractivity contribution is 0.0408. The van der Waals surface area contributed by atoms with Crippen molar-refractivity contribution in [2.24, 2.45) is 0 Å². The Balaban J connectivity index is 2.00. The van der Waals surface area contributed by atoms with Gasteiger partial charge in [-0.25, -0.2) is 0 Å². The third-order valence-electron chi connectivity index (χ3n) is 4.03. The quantitative estimate of drug-likeness (QED) is 0.482. The fourth-order valence-electron chi connectivity index (χ4n) is 2.33. The van der Waals surface area contributed by atoms with Crippen LogP contribution in [0, 0.1) is 0 Å². The maximum atomic E-state index is 9.65. The van der Waals surface area contributed by atoms with Gasteiger partial charge in [0, 0.05) is 24.8 Å². The van der Waals surface area contributed by atoms with E-state index in [9.17, 15) is 5.11 Å². The van der Waals surface area contributed by atoms with E-state index in [4.69, 9.17) is 9.47 Å². The summed E-state index contributed by atoms with van der Waals surface area (Å²) in [7, 11) is 0. The second-order valence-electron chi connectivity index (χ2n) is 5.89. The molecular weight excluding hydrogens is 254 g/mol. The summed E-state index contributed by atoms with van der Waals surface area (Å²) in [6.45, 7) is 7.50. The van der Waals surface area contributed by atoms with Crippen LogP contribution in [0.4, 0.5) is 0 Å². The first-order valence-corrected chi connectivity index (χ1v) is 8.30. The molecule has 1 aliphatic carbocycles. The second kappa shape index (κ2) is 10.6. The van der Waals surface area contributed by atoms with Gasteiger partial charge in [-0.15, -0.1) is 0 Å². The lowest BCUT2D eigenvalue weighted by Gasteiger charge is -2.32. The van der Waals surface area contributed by atoms with Gasteiger partial charge < -0.3 is 19.9 Å². The largest absolute Gasteiger partial charge is 0.394 e. The SMILES string of the molecule is CCCCOCCOCCCC(CC)(CO)NC1CC1. The summed E-state index contributed by atoms with van der Waals surface area (Å²) in [6.07, 6.45) is 7.76. The molecule has 1 atom stereocenters. The molecule has 1 aliphatic rings. The number of nitrogens with one attached hydrogen (secondary N) is 1. The van der Waals surface area contributed by atoms with Gasteiger partial charge in [0.25, 0.3) is 0 Å². The molecule has 2 N–H and O–H groups in total. The van der Waals surface area contributed by atoms with Gasteiger partial charge in [0.05, 0.1) is 19.8 Å². The zero-order valence-corrected chi connectivity index (χ0v) is 13.3. The van der Waals surface area contributed by atoms with Gasteiger partial charge in [0.15, 0.2) is 0 Å². The van der Waals surface area contributed by atoms with E-state index >= 15 is 0 Å². The Labute approximate surface area is 124 Å². The van der Waals surface area contributed by atoms with Gasteiger partial charge in [0.1, 0.15) is 0 Å². The molecule has 1 rings (SSSR count). The average Bonchev–Trinajstić information content (AvgIpc) is 3.28. The van der Waals surface area contributed by atoms with Crippen molar-refractivity contribution in [3.63, 3.8) is 0 Å². The van der Waals surface area contributed by atoms with Crippen molar-refractivity contribution in [1.29, 1.82) is 0 Å². The summed E-state index contributed by atoms with van der Waals surface area (Å²) in [5.74, 6) is 0. The van der Waals surface area contributed by atoms with E-state index in [0.29, 0.717) is 19.3 Å². The van der Waals surface area contributed by atoms with Crippen LogP contribution in [0.1, 0.15) is 58.8 Å². The van der Waals surface area contributed by atoms with E-state index in [2.05, 4.69) is 19.2 Å². The maximum Gasteiger partial charge on any atom is 0.0700 e. The molecule has 4 nitrogen and oxygen atoms in total. The summed E-state index contributed by atoms with van der Waals surface area (Å²) < 4.78 is 11.0. The highest BCUT2D eigenvalue weighted by Gasteiger charge is 2.33. The van der Waals surface area contributed by atoms with Crippen molar-refractivity contribution < 1.29 is 14.6 Å². The monoisotopic (exact) mass is 287 g/mol. The topological polar surface area (TPSA) is 50.7 Å². The molecule has 0 aromatic heterocycles. The Morgan fingerprint density at radius 3 is 2.20 bits per heavy atom. The smallest absolute Gasteiger partial charge is 0.0700 e. The van der Waals surface area contributed by atoms with Crippen LogP contribution < -0.4 is 5.32 Å². The van der Waals surface area contributed by atoms with Crippen LogP contribution in [0.2, 0.25) is 0 Å². The van der Waals surface area contributed by atoms with Crippen LogP contribution in [0.15, 0.2) is 0 Å². The first kappa shape index (κ1) is 17.9. The molecule has 0 aromatic carbocycles. The Morgan fingerprint density at radius 2 is 1.70 bits per heavy atom. The predicted octanol–water partition coefficient (Wildman–Crippen LogP) is 2.49. The fourth-order valence-corrected chi connectivity index (χ4v) is 2.33. The van der Waals surface area contributed by atoms with Gasteiger partial charge in [-0.3, -0.25) is 0 Å². The molecule has 0 saturated heterocycles. The van der Waals surface area contributed by atoms with Crippen molar-refractivity contribution >= 4 is 0 Å². The van der Waals surface area contributed by atoms with Gasteiger partial charge in [-0.1, -0.05) is 20.3 Å². The number of hydrogen-bond donors (Lipinski definition) is 2. The molecule has 4 heteroatoms. The fraction of sp³-hybridized carbons (Fsp3) is 1.00. The van der Waals surface area contributed by atoms with Gasteiger partial charge in [-0.05, 0) is 38.5 Å². The van der Waals surface area contributed by atoms with E-state index in [1.54, 1.807) is 0 Å². The predicted molar refractivity (Wildman–Crippen MR) is 82.0 cm³/mol. The molecular formula is C16H33NO3. The second-order valence-corrected chi connectivity index (χ2v) is 5.89. The van der Waals surface area contributed by atoms with Gasteiger partial charge >= 0.3 is 0 Å². The minimum Gasteiger partial charge on any atom is -0.394 e. The van der Waals surface area contributed by atoms with Crippen LogP contribution in [-0.2, 0) is 9.47 Å². The molecule has 1 saturated carbocycles. The zero-order valence-electron chi connectivity index (χ0n) is 13.3. The van der Waals surface area contributed by atoms with Gasteiger partial charge in [-0.2, -0.15) is 0 Å². The molecule has 1 fully saturated rings. The highest BCUT2D eigenvalue weighted by Crippen LogP contribution is 2.26. The lowest BCUT2D eigenvalue weighted by Crippen LogP contribution is -2.49. The first-order chi connectivity index (χ1) is 9.76. The summed E-state index contributed by atoms with van der Waals surface area (Å²) in [6, 6.07) is 0.634. The molecule has 0 amide bonds. The minimum absolute atomic E-state index is 0.0951. The molecule has 20 heavy (non-hydrogen) atoms. The maximum absolute atomic E-state index is 9.65. The molecule has 0 heterocycles. The average molecular weight is 287 g/mol. The molecule has 0 radical (unpaired) electrons. The third-order valence-corrected chi connectivity index (χ3v) is 4.03. The summed E-state index contributed by atoms with van der Waals surface area (Å²) in [4.78, 5) is 0. The van der Waals surface area contributed by atoms with Crippen molar-refractivity contribution in [2.45, 2.75) is 70.4 Å². The van der Waals surface area contributed by atoms with Crippen LogP contribution in [-0.4, -0.2) is 49.7 Å². The third kappa shape index (κ3) is 7.58. The van der Waals surface area contributed by atoms with Crippen molar-refractivity contribution in [1.82, 2.24) is 5.32 Å². The Hall–Kier alpha value is -0.160. The van der Waals surface area contributed by atoms with Crippen LogP contribution >= 0.6 is 0 Å². The Kier molecular flexibility index (Phi) is 9.44. The molecule has 0 aliphatic heterocycles. The van der Waals surface area contributed by atoms with Crippen LogP contribution in [0.5, 0.6) is 0 Å². The van der Waals surface area contributed by atoms with E-state index in [1.807, 2.05) is 0 Å². The number of unbranched alkanes of at least 4 members (excludes halogenated alkanes) is 1. The summed E-state index contributed by atoms with van der Waals surface area (Å²) in [5, 5.41) is 13.3. The van der Waals surface area contributed by atoms with Crippen LogP contribution in [0.3, 0.4) is 0 Å². The number of hydrogen-bond acceptors (Lipinski definition) is 4. The highest BCUT2D eigenvalue weighted by atomic mass is 16.5. The molecule has 120 valence electrons. The van der Waals surface area contributed by atoms with E-state index < -0.39 is 0 Å². The van der Waals surface area contributed by atoms with Crippen molar-refractivity contribution in [2.75, 3.05) is 33.0 Å². The van der Waals surface area contributed by atoms with Crippen molar-refractivity contribution in [3.8, 4) is 0 Å². The molecule has 0 spiro atoms. The van der Waals surface area contributed by atoms with E-state index in [-0.39, 0.29) is 12.1 Å². The summed E-state index contributed by atoms with van der Waals surface area (Å²) >= 11 is 0. The molecule has 1 unspecified atom stereocenters. The highest BCUT2D eigenvalue weighted by molar-refractivity contribution is 4.94. The zero-order chi connectivity index (χ0) is 14.7. The number of aliphatic hydroxyl groups excluding tert-OH is 1. The van der Waals surface area contributed by atoms with E-state index in [0.717, 1.165) is 38.9 Å². The standard InChI is InChI=1S/C16H33NO3/c1-3-5-10-19-12-13-20-11-6-9-16(4-2,14-18)17-15-7-8-15/h15,17-18H,3-14H2,1-2H3. The normalized spacial score (nSPS) is 18.1. The number of rotatable bonds is 14. The summed E-state index contributed by atoms with van der Waals surface area (Å²) in [5.41, 5.74) is -0.0951. The van der Waals surface area contributed by atoms with Crippen LogP contribution in [0.25, 0.3) is 0 Å². The Morgan fingerprint density at radius 1 is 1.05 bits per heavy atom. The van der Waals surface area contributed by atoms with Crippen molar-refractivity contribution in [3.05, 3.63) is 0 Å². The number of ether oxygens (including phenoxy) is 2. The number of aliphatic hydroxyl groups is 1. The molecule has 0 aromatic rings. The Bertz CT molecular complexity index is 228.